The molecule has 1 aliphatic rings. The molecule has 1 aromatic rings. The first kappa shape index (κ1) is 12.7. The molecule has 0 aromatic carbocycles. The van der Waals surface area contributed by atoms with Gasteiger partial charge in [0, 0.05) is 6.20 Å². The molecule has 98 valence electrons. The summed E-state index contributed by atoms with van der Waals surface area (Å²) in [5, 5.41) is 0. The number of aromatic amines is 1. The van der Waals surface area contributed by atoms with E-state index in [2.05, 4.69) is 4.98 Å². The van der Waals surface area contributed by atoms with E-state index in [1.165, 1.54) is 6.92 Å². The largest absolute Gasteiger partial charge is 0.376 e. The number of H-pyrrole nitrogens is 1. The summed E-state index contributed by atoms with van der Waals surface area (Å²) in [6, 6.07) is 0. The maximum Gasteiger partial charge on any atom is 0.328 e. The van der Waals surface area contributed by atoms with E-state index in [4.69, 9.17) is 9.47 Å². The zero-order valence-corrected chi connectivity index (χ0v) is 9.97. The van der Waals surface area contributed by atoms with Gasteiger partial charge in [-0.25, -0.2) is 4.79 Å². The Hall–Kier alpha value is -1.73. The zero-order valence-electron chi connectivity index (χ0n) is 9.97. The highest BCUT2D eigenvalue weighted by molar-refractivity contribution is 5.93. The molecule has 0 radical (unpaired) electrons. The molecule has 0 spiro atoms. The highest BCUT2D eigenvalue weighted by Gasteiger charge is 2.18. The second kappa shape index (κ2) is 5.28. The molecule has 0 bridgehead atoms. The van der Waals surface area contributed by atoms with Crippen LogP contribution in [0.5, 0.6) is 0 Å². The lowest BCUT2D eigenvalue weighted by Crippen LogP contribution is -2.43. The lowest BCUT2D eigenvalue weighted by atomic mass is 10.2. The van der Waals surface area contributed by atoms with Crippen molar-refractivity contribution in [2.45, 2.75) is 19.6 Å². The van der Waals surface area contributed by atoms with Crippen LogP contribution in [0.3, 0.4) is 0 Å². The Kier molecular flexibility index (Phi) is 3.73. The van der Waals surface area contributed by atoms with Gasteiger partial charge >= 0.3 is 5.69 Å². The summed E-state index contributed by atoms with van der Waals surface area (Å²) in [5.74, 6) is -0.384. The summed E-state index contributed by atoms with van der Waals surface area (Å²) >= 11 is 0. The third-order valence-corrected chi connectivity index (χ3v) is 2.71. The van der Waals surface area contributed by atoms with Crippen molar-refractivity contribution in [3.63, 3.8) is 0 Å². The molecule has 0 saturated carbocycles. The number of rotatable bonds is 3. The molecular formula is C11H14N2O5. The van der Waals surface area contributed by atoms with Gasteiger partial charge in [-0.05, 0) is 6.92 Å². The minimum atomic E-state index is -0.597. The third kappa shape index (κ3) is 2.57. The molecule has 1 saturated heterocycles. The summed E-state index contributed by atoms with van der Waals surface area (Å²) in [4.78, 5) is 37.1. The van der Waals surface area contributed by atoms with E-state index < -0.39 is 11.2 Å². The number of hydrogen-bond acceptors (Lipinski definition) is 5. The van der Waals surface area contributed by atoms with Crippen LogP contribution in [0.15, 0.2) is 15.8 Å². The fourth-order valence-electron chi connectivity index (χ4n) is 1.77. The molecule has 1 aliphatic heterocycles. The topological polar surface area (TPSA) is 90.4 Å². The Bertz CT molecular complexity index is 553. The number of ketones is 1. The first-order valence-corrected chi connectivity index (χ1v) is 5.62. The van der Waals surface area contributed by atoms with Crippen LogP contribution < -0.4 is 11.2 Å². The summed E-state index contributed by atoms with van der Waals surface area (Å²) in [6.45, 7) is 2.63. The fraction of sp³-hybridized carbons (Fsp3) is 0.545. The molecule has 0 aliphatic carbocycles. The van der Waals surface area contributed by atoms with Gasteiger partial charge in [0.2, 0.25) is 0 Å². The number of nitrogens with zero attached hydrogens (tertiary/aromatic N) is 1. The van der Waals surface area contributed by atoms with Crippen molar-refractivity contribution in [2.75, 3.05) is 19.8 Å². The minimum Gasteiger partial charge on any atom is -0.376 e. The lowest BCUT2D eigenvalue weighted by Gasteiger charge is -2.23. The summed E-state index contributed by atoms with van der Waals surface area (Å²) < 4.78 is 11.5. The average molecular weight is 254 g/mol. The van der Waals surface area contributed by atoms with Crippen LogP contribution in [-0.4, -0.2) is 41.3 Å². The molecule has 1 unspecified atom stereocenters. The van der Waals surface area contributed by atoms with Crippen LogP contribution in [0.1, 0.15) is 17.3 Å². The van der Waals surface area contributed by atoms with E-state index in [1.54, 1.807) is 0 Å². The van der Waals surface area contributed by atoms with E-state index in [9.17, 15) is 14.4 Å². The predicted molar refractivity (Wildman–Crippen MR) is 61.9 cm³/mol. The molecule has 7 nitrogen and oxygen atoms in total. The van der Waals surface area contributed by atoms with Gasteiger partial charge in [-0.15, -0.1) is 0 Å². The van der Waals surface area contributed by atoms with Crippen molar-refractivity contribution in [1.29, 1.82) is 0 Å². The number of hydrogen-bond donors (Lipinski definition) is 1. The van der Waals surface area contributed by atoms with Gasteiger partial charge < -0.3 is 14.5 Å². The first-order valence-electron chi connectivity index (χ1n) is 5.62. The lowest BCUT2D eigenvalue weighted by molar-refractivity contribution is -0.0942. The molecule has 7 heteroatoms. The van der Waals surface area contributed by atoms with Crippen LogP contribution in [0.4, 0.5) is 0 Å². The van der Waals surface area contributed by atoms with Gasteiger partial charge in [0.15, 0.2) is 5.78 Å². The van der Waals surface area contributed by atoms with Crippen molar-refractivity contribution >= 4 is 5.78 Å². The Balaban J connectivity index is 2.31. The van der Waals surface area contributed by atoms with Crippen LogP contribution in [0.25, 0.3) is 0 Å². The number of nitrogens with one attached hydrogen (secondary N) is 1. The van der Waals surface area contributed by atoms with Gasteiger partial charge in [0.1, 0.15) is 0 Å². The minimum absolute atomic E-state index is 0.0358. The first-order chi connectivity index (χ1) is 8.59. The van der Waals surface area contributed by atoms with Crippen molar-refractivity contribution < 1.29 is 14.3 Å². The Morgan fingerprint density at radius 3 is 2.89 bits per heavy atom. The van der Waals surface area contributed by atoms with E-state index in [-0.39, 0.29) is 24.0 Å². The molecule has 2 heterocycles. The molecule has 1 N–H and O–H groups in total. The average Bonchev–Trinajstić information content (AvgIpc) is 2.35. The van der Waals surface area contributed by atoms with E-state index >= 15 is 0 Å². The summed E-state index contributed by atoms with van der Waals surface area (Å²) in [7, 11) is 0. The Morgan fingerprint density at radius 1 is 1.50 bits per heavy atom. The van der Waals surface area contributed by atoms with Gasteiger partial charge in [-0.3, -0.25) is 14.2 Å². The zero-order chi connectivity index (χ0) is 13.1. The fourth-order valence-corrected chi connectivity index (χ4v) is 1.77. The number of ether oxygens (including phenoxy) is 2. The molecule has 1 aromatic heterocycles. The molecule has 2 rings (SSSR count). The monoisotopic (exact) mass is 254 g/mol. The Morgan fingerprint density at radius 2 is 2.28 bits per heavy atom. The summed E-state index contributed by atoms with van der Waals surface area (Å²) in [5.41, 5.74) is -1.19. The number of carbonyl (C=O) groups is 1. The van der Waals surface area contributed by atoms with Gasteiger partial charge in [0.05, 0.1) is 38.0 Å². The maximum absolute atomic E-state index is 11.9. The predicted octanol–water partition coefficient (Wildman–Crippen LogP) is -0.845. The second-order valence-electron chi connectivity index (χ2n) is 4.05. The molecule has 1 fully saturated rings. The standard InChI is InChI=1S/C11H14N2O5/c1-7(14)9-4-12-11(16)13(10(9)15)5-8-6-17-2-3-18-8/h4,8H,2-3,5-6H2,1H3,(H,12,16). The van der Waals surface area contributed by atoms with Crippen LogP contribution >= 0.6 is 0 Å². The maximum atomic E-state index is 11.9. The smallest absolute Gasteiger partial charge is 0.328 e. The van der Waals surface area contributed by atoms with E-state index in [0.29, 0.717) is 19.8 Å². The summed E-state index contributed by atoms with van der Waals surface area (Å²) in [6.07, 6.45) is 0.793. The quantitative estimate of drug-likeness (QED) is 0.710. The SMILES string of the molecule is CC(=O)c1c[nH]c(=O)n(CC2COCCO2)c1=O. The highest BCUT2D eigenvalue weighted by atomic mass is 16.6. The highest BCUT2D eigenvalue weighted by Crippen LogP contribution is 2.01. The van der Waals surface area contributed by atoms with Crippen molar-refractivity contribution in [1.82, 2.24) is 9.55 Å². The van der Waals surface area contributed by atoms with Crippen LogP contribution in [0, 0.1) is 0 Å². The normalized spacial score (nSPS) is 19.7. The van der Waals surface area contributed by atoms with Crippen LogP contribution in [-0.2, 0) is 16.0 Å². The van der Waals surface area contributed by atoms with Gasteiger partial charge in [0.25, 0.3) is 5.56 Å². The van der Waals surface area contributed by atoms with Crippen molar-refractivity contribution in [3.8, 4) is 0 Å². The van der Waals surface area contributed by atoms with E-state index in [1.807, 2.05) is 0 Å². The molecule has 1 atom stereocenters. The van der Waals surface area contributed by atoms with E-state index in [0.717, 1.165) is 10.8 Å². The van der Waals surface area contributed by atoms with Gasteiger partial charge in [-0.1, -0.05) is 0 Å². The van der Waals surface area contributed by atoms with Gasteiger partial charge in [-0.2, -0.15) is 0 Å². The number of Topliss-reactive ketones (excluding diaryl/α,β-unsaturated/α-hetero) is 1. The third-order valence-electron chi connectivity index (χ3n) is 2.71. The number of aromatic nitrogens is 2. The molecular weight excluding hydrogens is 240 g/mol. The molecule has 0 amide bonds. The second-order valence-corrected chi connectivity index (χ2v) is 4.05. The van der Waals surface area contributed by atoms with Crippen molar-refractivity contribution in [2.24, 2.45) is 0 Å². The van der Waals surface area contributed by atoms with Crippen molar-refractivity contribution in [3.05, 3.63) is 32.6 Å². The Labute approximate surface area is 102 Å². The van der Waals surface area contributed by atoms with Crippen LogP contribution in [0.2, 0.25) is 0 Å². The number of carbonyl (C=O) groups excluding carboxylic acids is 1. The molecule has 18 heavy (non-hydrogen) atoms.